The first-order valence-corrected chi connectivity index (χ1v) is 12.5. The largest absolute Gasteiger partial charge is 0.478 e. The van der Waals surface area contributed by atoms with E-state index < -0.39 is 23.4 Å². The van der Waals surface area contributed by atoms with Crippen molar-refractivity contribution in [3.63, 3.8) is 0 Å². The Morgan fingerprint density at radius 3 is 2.19 bits per heavy atom. The van der Waals surface area contributed by atoms with Gasteiger partial charge in [-0.05, 0) is 48.5 Å². The van der Waals surface area contributed by atoms with Crippen molar-refractivity contribution in [1.82, 2.24) is 4.90 Å². The summed E-state index contributed by atoms with van der Waals surface area (Å²) in [6.07, 6.45) is 0. The first-order chi connectivity index (χ1) is 17.8. The molecule has 1 aliphatic rings. The van der Waals surface area contributed by atoms with Crippen molar-refractivity contribution in [2.24, 2.45) is 0 Å². The highest BCUT2D eigenvalue weighted by molar-refractivity contribution is 8.00. The average molecular weight is 520 g/mol. The number of aromatic carboxylic acids is 2. The number of nitrogens with zero attached hydrogens (tertiary/aromatic N) is 2. The summed E-state index contributed by atoms with van der Waals surface area (Å²) in [5.74, 6) is -3.07. The van der Waals surface area contributed by atoms with Crippen molar-refractivity contribution >= 4 is 46.9 Å². The van der Waals surface area contributed by atoms with Gasteiger partial charge in [0.25, 0.3) is 5.91 Å². The van der Waals surface area contributed by atoms with Gasteiger partial charge in [0.2, 0.25) is 5.91 Å². The molecule has 9 nitrogen and oxygen atoms in total. The third-order valence-electron chi connectivity index (χ3n) is 5.95. The van der Waals surface area contributed by atoms with Crippen LogP contribution in [0, 0.1) is 0 Å². The molecule has 0 saturated carbocycles. The fourth-order valence-electron chi connectivity index (χ4n) is 4.00. The van der Waals surface area contributed by atoms with Gasteiger partial charge in [0.15, 0.2) is 0 Å². The normalized spacial score (nSPS) is 13.2. The van der Waals surface area contributed by atoms with Crippen molar-refractivity contribution in [3.8, 4) is 0 Å². The molecule has 0 spiro atoms. The van der Waals surface area contributed by atoms with Crippen LogP contribution in [0.1, 0.15) is 31.1 Å². The van der Waals surface area contributed by atoms with Gasteiger partial charge in [0, 0.05) is 42.4 Å². The zero-order valence-corrected chi connectivity index (χ0v) is 20.6. The fourth-order valence-corrected chi connectivity index (χ4v) is 4.86. The molecular formula is C27H25N3O6S. The van der Waals surface area contributed by atoms with Crippen LogP contribution in [-0.4, -0.2) is 70.8 Å². The smallest absolute Gasteiger partial charge is 0.336 e. The van der Waals surface area contributed by atoms with Crippen molar-refractivity contribution in [3.05, 3.63) is 89.5 Å². The van der Waals surface area contributed by atoms with E-state index in [0.717, 1.165) is 29.7 Å². The van der Waals surface area contributed by atoms with Crippen LogP contribution >= 0.6 is 11.8 Å². The molecule has 1 fully saturated rings. The van der Waals surface area contributed by atoms with E-state index in [0.29, 0.717) is 18.8 Å². The van der Waals surface area contributed by atoms with Crippen LogP contribution in [0.2, 0.25) is 0 Å². The molecule has 3 aromatic carbocycles. The van der Waals surface area contributed by atoms with Crippen LogP contribution < -0.4 is 10.2 Å². The van der Waals surface area contributed by atoms with E-state index in [4.69, 9.17) is 5.11 Å². The van der Waals surface area contributed by atoms with E-state index in [2.05, 4.69) is 22.3 Å². The number of amides is 2. The summed E-state index contributed by atoms with van der Waals surface area (Å²) in [4.78, 5) is 53.1. The minimum Gasteiger partial charge on any atom is -0.478 e. The second-order valence-corrected chi connectivity index (χ2v) is 9.39. The van der Waals surface area contributed by atoms with E-state index in [1.54, 1.807) is 18.2 Å². The number of rotatable bonds is 8. The Kier molecular flexibility index (Phi) is 8.09. The molecule has 37 heavy (non-hydrogen) atoms. The maximum absolute atomic E-state index is 12.8. The van der Waals surface area contributed by atoms with E-state index in [1.165, 1.54) is 23.9 Å². The highest BCUT2D eigenvalue weighted by Crippen LogP contribution is 2.24. The first-order valence-electron chi connectivity index (χ1n) is 11.5. The molecule has 0 aromatic heterocycles. The second-order valence-electron chi connectivity index (χ2n) is 8.34. The third kappa shape index (κ3) is 6.47. The molecule has 0 unspecified atom stereocenters. The predicted molar refractivity (Wildman–Crippen MR) is 141 cm³/mol. The van der Waals surface area contributed by atoms with E-state index in [1.807, 2.05) is 29.2 Å². The number of hydrogen-bond donors (Lipinski definition) is 3. The standard InChI is InChI=1S/C27H25N3O6S/c31-24(30-13-11-29(12-14-30)20-6-2-1-3-7-20)17-37-21-8-4-5-19(16-21)28-25(32)22-10-9-18(26(33)34)15-23(22)27(35)36/h1-10,15-16H,11-14,17H2,(H,28,32)(H,33,34)(H,35,36). The summed E-state index contributed by atoms with van der Waals surface area (Å²) in [7, 11) is 0. The molecule has 0 atom stereocenters. The molecule has 3 N–H and O–H groups in total. The Morgan fingerprint density at radius 1 is 0.784 bits per heavy atom. The van der Waals surface area contributed by atoms with Gasteiger partial charge in [-0.2, -0.15) is 0 Å². The number of anilines is 2. The fraction of sp³-hybridized carbons (Fsp3) is 0.185. The number of thioether (sulfide) groups is 1. The Bertz CT molecular complexity index is 1320. The quantitative estimate of drug-likeness (QED) is 0.384. The second kappa shape index (κ2) is 11.6. The van der Waals surface area contributed by atoms with Gasteiger partial charge in [0.1, 0.15) is 0 Å². The molecule has 1 saturated heterocycles. The Labute approximate surface area is 217 Å². The van der Waals surface area contributed by atoms with Gasteiger partial charge >= 0.3 is 11.9 Å². The lowest BCUT2D eigenvalue weighted by Crippen LogP contribution is -2.49. The molecular weight excluding hydrogens is 494 g/mol. The maximum Gasteiger partial charge on any atom is 0.336 e. The van der Waals surface area contributed by atoms with Gasteiger partial charge in [0.05, 0.1) is 22.4 Å². The van der Waals surface area contributed by atoms with E-state index in [-0.39, 0.29) is 22.8 Å². The average Bonchev–Trinajstić information content (AvgIpc) is 2.92. The number of carboxylic acid groups (broad SMARTS) is 2. The van der Waals surface area contributed by atoms with Crippen LogP contribution in [0.3, 0.4) is 0 Å². The van der Waals surface area contributed by atoms with Gasteiger partial charge in [-0.1, -0.05) is 24.3 Å². The molecule has 4 rings (SSSR count). The SMILES string of the molecule is O=C(O)c1ccc(C(=O)Nc2cccc(SCC(=O)N3CCN(c4ccccc4)CC3)c2)c(C(=O)O)c1. The van der Waals surface area contributed by atoms with E-state index >= 15 is 0 Å². The van der Waals surface area contributed by atoms with Crippen LogP contribution in [0.25, 0.3) is 0 Å². The summed E-state index contributed by atoms with van der Waals surface area (Å²) in [5, 5.41) is 21.2. The van der Waals surface area contributed by atoms with Crippen LogP contribution in [0.15, 0.2) is 77.7 Å². The zero-order valence-electron chi connectivity index (χ0n) is 19.8. The van der Waals surface area contributed by atoms with Crippen molar-refractivity contribution in [2.45, 2.75) is 4.90 Å². The van der Waals surface area contributed by atoms with Gasteiger partial charge < -0.3 is 25.3 Å². The molecule has 2 amide bonds. The minimum absolute atomic E-state index is 0.0387. The van der Waals surface area contributed by atoms with Crippen LogP contribution in [0.5, 0.6) is 0 Å². The molecule has 0 radical (unpaired) electrons. The van der Waals surface area contributed by atoms with Crippen LogP contribution in [0.4, 0.5) is 11.4 Å². The number of nitrogens with one attached hydrogen (secondary N) is 1. The number of piperazine rings is 1. The predicted octanol–water partition coefficient (Wildman–Crippen LogP) is 3.78. The highest BCUT2D eigenvalue weighted by atomic mass is 32.2. The van der Waals surface area contributed by atoms with E-state index in [9.17, 15) is 24.3 Å². The monoisotopic (exact) mass is 519 g/mol. The Morgan fingerprint density at radius 2 is 1.51 bits per heavy atom. The summed E-state index contributed by atoms with van der Waals surface area (Å²) < 4.78 is 0. The number of para-hydroxylation sites is 1. The Hall–Kier alpha value is -4.31. The topological polar surface area (TPSA) is 127 Å². The van der Waals surface area contributed by atoms with Crippen LogP contribution in [-0.2, 0) is 4.79 Å². The Balaban J connectivity index is 1.33. The lowest BCUT2D eigenvalue weighted by Gasteiger charge is -2.36. The first kappa shape index (κ1) is 25.8. The maximum atomic E-state index is 12.8. The molecule has 1 heterocycles. The number of carbonyl (C=O) groups is 4. The number of benzene rings is 3. The highest BCUT2D eigenvalue weighted by Gasteiger charge is 2.22. The molecule has 3 aromatic rings. The lowest BCUT2D eigenvalue weighted by atomic mass is 10.0. The van der Waals surface area contributed by atoms with Crippen molar-refractivity contribution in [2.75, 3.05) is 42.1 Å². The molecule has 1 aliphatic heterocycles. The minimum atomic E-state index is -1.40. The summed E-state index contributed by atoms with van der Waals surface area (Å²) in [6, 6.07) is 20.3. The lowest BCUT2D eigenvalue weighted by molar-refractivity contribution is -0.128. The number of carbonyl (C=O) groups excluding carboxylic acids is 2. The summed E-state index contributed by atoms with van der Waals surface area (Å²) in [6.45, 7) is 2.84. The summed E-state index contributed by atoms with van der Waals surface area (Å²) in [5.41, 5.74) is 0.800. The third-order valence-corrected chi connectivity index (χ3v) is 6.93. The van der Waals surface area contributed by atoms with Gasteiger partial charge in [-0.25, -0.2) is 9.59 Å². The zero-order chi connectivity index (χ0) is 26.4. The molecule has 0 aliphatic carbocycles. The number of hydrogen-bond acceptors (Lipinski definition) is 6. The molecule has 0 bridgehead atoms. The molecule has 10 heteroatoms. The number of carboxylic acids is 2. The van der Waals surface area contributed by atoms with Gasteiger partial charge in [-0.3, -0.25) is 9.59 Å². The molecule has 190 valence electrons. The van der Waals surface area contributed by atoms with Crippen molar-refractivity contribution < 1.29 is 29.4 Å². The van der Waals surface area contributed by atoms with Gasteiger partial charge in [-0.15, -0.1) is 11.8 Å². The van der Waals surface area contributed by atoms with Crippen molar-refractivity contribution in [1.29, 1.82) is 0 Å². The summed E-state index contributed by atoms with van der Waals surface area (Å²) >= 11 is 1.35.